The second-order valence-electron chi connectivity index (χ2n) is 7.25. The van der Waals surface area contributed by atoms with E-state index in [1.807, 2.05) is 0 Å². The molecule has 2 aromatic heterocycles. The molecule has 10 heteroatoms. The first-order chi connectivity index (χ1) is 15.8. The number of halogens is 1. The highest BCUT2D eigenvalue weighted by atomic mass is 32.2. The van der Waals surface area contributed by atoms with E-state index in [4.69, 9.17) is 5.11 Å². The van der Waals surface area contributed by atoms with Gasteiger partial charge in [0.05, 0.1) is 27.8 Å². The van der Waals surface area contributed by atoms with Crippen molar-refractivity contribution in [2.75, 3.05) is 12.8 Å². The van der Waals surface area contributed by atoms with Gasteiger partial charge in [-0.2, -0.15) is 0 Å². The highest BCUT2D eigenvalue weighted by Gasteiger charge is 2.16. The number of hydrogen-bond donors (Lipinski definition) is 2. The number of carbonyl (C=O) groups excluding carboxylic acids is 1. The summed E-state index contributed by atoms with van der Waals surface area (Å²) in [5, 5.41) is 11.8. The minimum Gasteiger partial charge on any atom is -0.480 e. The van der Waals surface area contributed by atoms with E-state index in [2.05, 4.69) is 15.3 Å². The number of carboxylic acid groups (broad SMARTS) is 1. The van der Waals surface area contributed by atoms with Gasteiger partial charge < -0.3 is 15.0 Å². The molecule has 1 atom stereocenters. The Kier molecular flexibility index (Phi) is 6.27. The molecule has 0 bridgehead atoms. The Morgan fingerprint density at radius 2 is 1.88 bits per heavy atom. The van der Waals surface area contributed by atoms with Gasteiger partial charge in [-0.3, -0.25) is 13.8 Å². The van der Waals surface area contributed by atoms with Gasteiger partial charge in [0.25, 0.3) is 5.91 Å². The van der Waals surface area contributed by atoms with E-state index < -0.39 is 29.2 Å². The number of aromatic nitrogens is 3. The van der Waals surface area contributed by atoms with Crippen molar-refractivity contribution in [1.29, 1.82) is 0 Å². The molecule has 33 heavy (non-hydrogen) atoms. The zero-order valence-electron chi connectivity index (χ0n) is 17.5. The Balaban J connectivity index is 1.67. The van der Waals surface area contributed by atoms with Crippen molar-refractivity contribution in [2.45, 2.75) is 11.4 Å². The van der Waals surface area contributed by atoms with E-state index in [1.165, 1.54) is 18.5 Å². The van der Waals surface area contributed by atoms with Gasteiger partial charge in [0, 0.05) is 46.9 Å². The third-order valence-electron chi connectivity index (χ3n) is 5.02. The molecule has 0 aliphatic carbocycles. The summed E-state index contributed by atoms with van der Waals surface area (Å²) in [5.41, 5.74) is 1.84. The number of rotatable bonds is 7. The van der Waals surface area contributed by atoms with Crippen LogP contribution in [0.15, 0.2) is 66.0 Å². The van der Waals surface area contributed by atoms with Gasteiger partial charge in [0.1, 0.15) is 18.2 Å². The van der Waals surface area contributed by atoms with Gasteiger partial charge >= 0.3 is 5.97 Å². The number of nitrogens with one attached hydrogen (secondary N) is 1. The summed E-state index contributed by atoms with van der Waals surface area (Å²) in [5.74, 6) is -1.60. The Morgan fingerprint density at radius 3 is 2.55 bits per heavy atom. The van der Waals surface area contributed by atoms with Gasteiger partial charge in [-0.25, -0.2) is 14.4 Å². The van der Waals surface area contributed by atoms with Gasteiger partial charge in [-0.15, -0.1) is 0 Å². The SMILES string of the molecule is CS(=O)c1cn(Cc2ncc(-c3ccccc3F)cn2)c2cc(C(=O)NCC(=O)O)ccc12. The lowest BCUT2D eigenvalue weighted by atomic mass is 10.1. The van der Waals surface area contributed by atoms with Crippen molar-refractivity contribution < 1.29 is 23.3 Å². The number of nitrogens with zero attached hydrogens (tertiary/aromatic N) is 3. The maximum atomic E-state index is 14.0. The first-order valence-electron chi connectivity index (χ1n) is 9.85. The molecule has 0 aliphatic rings. The lowest BCUT2D eigenvalue weighted by Crippen LogP contribution is -2.29. The lowest BCUT2D eigenvalue weighted by molar-refractivity contribution is -0.135. The summed E-state index contributed by atoms with van der Waals surface area (Å²) in [6.45, 7) is -0.268. The molecule has 1 amide bonds. The van der Waals surface area contributed by atoms with E-state index in [9.17, 15) is 18.2 Å². The van der Waals surface area contributed by atoms with Crippen molar-refractivity contribution in [3.63, 3.8) is 0 Å². The summed E-state index contributed by atoms with van der Waals surface area (Å²) >= 11 is 0. The van der Waals surface area contributed by atoms with Gasteiger partial charge in [0.15, 0.2) is 0 Å². The van der Waals surface area contributed by atoms with Crippen LogP contribution in [0.4, 0.5) is 4.39 Å². The van der Waals surface area contributed by atoms with Gasteiger partial charge in [-0.1, -0.05) is 24.3 Å². The second-order valence-corrected chi connectivity index (χ2v) is 8.60. The Labute approximate surface area is 190 Å². The van der Waals surface area contributed by atoms with Crippen LogP contribution in [0, 0.1) is 5.82 Å². The van der Waals surface area contributed by atoms with Crippen molar-refractivity contribution in [2.24, 2.45) is 0 Å². The van der Waals surface area contributed by atoms with E-state index in [0.29, 0.717) is 32.7 Å². The lowest BCUT2D eigenvalue weighted by Gasteiger charge is -2.08. The summed E-state index contributed by atoms with van der Waals surface area (Å²) in [4.78, 5) is 32.3. The fourth-order valence-electron chi connectivity index (χ4n) is 3.44. The highest BCUT2D eigenvalue weighted by Crippen LogP contribution is 2.26. The summed E-state index contributed by atoms with van der Waals surface area (Å²) < 4.78 is 28.0. The fourth-order valence-corrected chi connectivity index (χ4v) is 4.20. The Bertz CT molecular complexity index is 1390. The number of aliphatic carboxylic acids is 1. The Hall–Kier alpha value is -3.92. The standard InChI is InChI=1S/C23H19FN4O4S/c1-33(32)20-12-28(19-8-14(6-7-17(19)20)23(31)27-11-22(29)30)13-21-25-9-15(10-26-21)16-4-2-3-5-18(16)24/h2-10,12H,11,13H2,1H3,(H,27,31)(H,29,30). The predicted molar refractivity (Wildman–Crippen MR) is 121 cm³/mol. The molecule has 4 aromatic rings. The molecule has 2 N–H and O–H groups in total. The maximum absolute atomic E-state index is 14.0. The van der Waals surface area contributed by atoms with Crippen molar-refractivity contribution in [3.8, 4) is 11.1 Å². The number of hydrogen-bond acceptors (Lipinski definition) is 5. The number of benzene rings is 2. The second kappa shape index (κ2) is 9.29. The normalized spacial score (nSPS) is 11.9. The van der Waals surface area contributed by atoms with Gasteiger partial charge in [0.2, 0.25) is 0 Å². The summed E-state index contributed by atoms with van der Waals surface area (Å²) in [6.07, 6.45) is 6.35. The molecule has 0 saturated heterocycles. The molecule has 2 aromatic carbocycles. The number of carbonyl (C=O) groups is 2. The summed E-state index contributed by atoms with van der Waals surface area (Å²) in [7, 11) is -1.28. The minimum absolute atomic E-state index is 0.228. The van der Waals surface area contributed by atoms with E-state index in [1.54, 1.807) is 53.4 Å². The maximum Gasteiger partial charge on any atom is 0.322 e. The molecule has 2 heterocycles. The molecule has 1 unspecified atom stereocenters. The van der Waals surface area contributed by atoms with E-state index in [0.717, 1.165) is 0 Å². The van der Waals surface area contributed by atoms with Crippen molar-refractivity contribution in [1.82, 2.24) is 19.9 Å². The molecule has 0 spiro atoms. The predicted octanol–water partition coefficient (Wildman–Crippen LogP) is 2.84. The Morgan fingerprint density at radius 1 is 1.15 bits per heavy atom. The van der Waals surface area contributed by atoms with Crippen LogP contribution in [0.1, 0.15) is 16.2 Å². The van der Waals surface area contributed by atoms with Crippen molar-refractivity contribution in [3.05, 3.63) is 78.3 Å². The minimum atomic E-state index is -1.28. The first kappa shape index (κ1) is 22.3. The molecule has 0 saturated carbocycles. The molecule has 4 rings (SSSR count). The molecule has 0 aliphatic heterocycles. The first-order valence-corrected chi connectivity index (χ1v) is 11.4. The van der Waals surface area contributed by atoms with Crippen LogP contribution in [0.3, 0.4) is 0 Å². The highest BCUT2D eigenvalue weighted by molar-refractivity contribution is 7.84. The van der Waals surface area contributed by atoms with Crippen LogP contribution in [-0.4, -0.2) is 48.5 Å². The molecule has 8 nitrogen and oxygen atoms in total. The summed E-state index contributed by atoms with van der Waals surface area (Å²) in [6, 6.07) is 11.2. The zero-order chi connectivity index (χ0) is 23.5. The smallest absolute Gasteiger partial charge is 0.322 e. The molecular formula is C23H19FN4O4S. The molecule has 0 fully saturated rings. The zero-order valence-corrected chi connectivity index (χ0v) is 18.3. The van der Waals surface area contributed by atoms with Crippen LogP contribution in [-0.2, 0) is 22.1 Å². The molecule has 0 radical (unpaired) electrons. The van der Waals surface area contributed by atoms with Crippen LogP contribution in [0.5, 0.6) is 0 Å². The van der Waals surface area contributed by atoms with Crippen LogP contribution >= 0.6 is 0 Å². The van der Waals surface area contributed by atoms with E-state index in [-0.39, 0.29) is 17.9 Å². The topological polar surface area (TPSA) is 114 Å². The quantitative estimate of drug-likeness (QED) is 0.433. The average Bonchev–Trinajstić information content (AvgIpc) is 3.16. The van der Waals surface area contributed by atoms with E-state index >= 15 is 0 Å². The van der Waals surface area contributed by atoms with Crippen LogP contribution < -0.4 is 5.32 Å². The van der Waals surface area contributed by atoms with Crippen LogP contribution in [0.25, 0.3) is 22.0 Å². The largest absolute Gasteiger partial charge is 0.480 e. The third-order valence-corrected chi connectivity index (χ3v) is 5.96. The molecule has 168 valence electrons. The third kappa shape index (κ3) is 4.80. The average molecular weight is 466 g/mol. The van der Waals surface area contributed by atoms with Crippen LogP contribution in [0.2, 0.25) is 0 Å². The van der Waals surface area contributed by atoms with Crippen molar-refractivity contribution >= 4 is 33.6 Å². The number of amides is 1. The monoisotopic (exact) mass is 466 g/mol. The molecular weight excluding hydrogens is 447 g/mol. The van der Waals surface area contributed by atoms with Gasteiger partial charge in [-0.05, 0) is 18.2 Å². The number of carboxylic acids is 1. The fraction of sp³-hybridized carbons (Fsp3) is 0.130. The number of fused-ring (bicyclic) bond motifs is 1.